The zero-order valence-corrected chi connectivity index (χ0v) is 16.7. The monoisotopic (exact) mass is 354 g/mol. The number of unbranched alkanes of at least 4 members (excludes halogenated alkanes) is 3. The molecule has 26 heavy (non-hydrogen) atoms. The number of carbonyl (C=O) groups excluding carboxylic acids is 1. The molecule has 0 radical (unpaired) electrons. The molecule has 0 bridgehead atoms. The normalized spacial score (nSPS) is 11.1. The molecule has 0 aliphatic rings. The Balaban J connectivity index is 2.01. The van der Waals surface area contributed by atoms with E-state index >= 15 is 0 Å². The van der Waals surface area contributed by atoms with Crippen LogP contribution in [0.4, 0.5) is 0 Å². The predicted octanol–water partition coefficient (Wildman–Crippen LogP) is 5.49. The van der Waals surface area contributed by atoms with Crippen LogP contribution in [0, 0.1) is 5.92 Å². The molecule has 0 aliphatic heterocycles. The third-order valence-electron chi connectivity index (χ3n) is 4.65. The first-order valence-electron chi connectivity index (χ1n) is 10.1. The van der Waals surface area contributed by atoms with Crippen LogP contribution in [0.15, 0.2) is 48.7 Å². The third-order valence-corrected chi connectivity index (χ3v) is 4.65. The minimum absolute atomic E-state index is 0.294. The van der Waals surface area contributed by atoms with Gasteiger partial charge in [-0.2, -0.15) is 0 Å². The molecule has 142 valence electrons. The Morgan fingerprint density at radius 2 is 1.81 bits per heavy atom. The van der Waals surface area contributed by atoms with Crippen molar-refractivity contribution in [3.05, 3.63) is 59.9 Å². The number of hydrogen-bond acceptors (Lipinski definition) is 1. The van der Waals surface area contributed by atoms with Crippen LogP contribution in [0.5, 0.6) is 0 Å². The summed E-state index contributed by atoms with van der Waals surface area (Å²) in [5, 5.41) is 0. The van der Waals surface area contributed by atoms with Gasteiger partial charge in [-0.1, -0.05) is 70.4 Å². The Hall–Kier alpha value is -2.03. The zero-order chi connectivity index (χ0) is 18.8. The quantitative estimate of drug-likeness (QED) is 0.490. The number of nitrogens with zero attached hydrogens (tertiary/aromatic N) is 2. The second kappa shape index (κ2) is 10.8. The fourth-order valence-corrected chi connectivity index (χ4v) is 3.28. The summed E-state index contributed by atoms with van der Waals surface area (Å²) in [6, 6.07) is 14.7. The third kappa shape index (κ3) is 6.70. The maximum Gasteiger partial charge on any atom is 0.222 e. The lowest BCUT2D eigenvalue weighted by Gasteiger charge is -2.25. The summed E-state index contributed by atoms with van der Waals surface area (Å²) < 4.78 is 2.26. The van der Waals surface area contributed by atoms with E-state index in [0.29, 0.717) is 24.8 Å². The number of aromatic nitrogens is 1. The lowest BCUT2D eigenvalue weighted by atomic mass is 10.1. The van der Waals surface area contributed by atoms with E-state index in [1.165, 1.54) is 24.1 Å². The molecule has 1 aromatic heterocycles. The van der Waals surface area contributed by atoms with E-state index < -0.39 is 0 Å². The Kier molecular flexibility index (Phi) is 8.46. The predicted molar refractivity (Wildman–Crippen MR) is 109 cm³/mol. The van der Waals surface area contributed by atoms with Crippen LogP contribution in [0.3, 0.4) is 0 Å². The van der Waals surface area contributed by atoms with Gasteiger partial charge in [0.25, 0.3) is 0 Å². The van der Waals surface area contributed by atoms with Crippen molar-refractivity contribution in [2.24, 2.45) is 5.92 Å². The molecule has 0 saturated heterocycles. The molecular weight excluding hydrogens is 320 g/mol. The molecule has 1 heterocycles. The van der Waals surface area contributed by atoms with Crippen LogP contribution in [0.25, 0.3) is 0 Å². The summed E-state index contributed by atoms with van der Waals surface area (Å²) in [6.07, 6.45) is 7.37. The summed E-state index contributed by atoms with van der Waals surface area (Å²) in [4.78, 5) is 14.8. The van der Waals surface area contributed by atoms with E-state index in [9.17, 15) is 4.79 Å². The minimum Gasteiger partial charge on any atom is -0.345 e. The van der Waals surface area contributed by atoms with Crippen LogP contribution in [0.1, 0.15) is 64.1 Å². The van der Waals surface area contributed by atoms with Gasteiger partial charge in [-0.25, -0.2) is 0 Å². The van der Waals surface area contributed by atoms with Gasteiger partial charge in [0.15, 0.2) is 0 Å². The Morgan fingerprint density at radius 3 is 2.50 bits per heavy atom. The van der Waals surface area contributed by atoms with Crippen LogP contribution in [0.2, 0.25) is 0 Å². The van der Waals surface area contributed by atoms with Gasteiger partial charge in [0.05, 0.1) is 6.54 Å². The maximum atomic E-state index is 12.8. The van der Waals surface area contributed by atoms with E-state index in [1.807, 2.05) is 11.0 Å². The van der Waals surface area contributed by atoms with Crippen LogP contribution < -0.4 is 0 Å². The highest BCUT2D eigenvalue weighted by molar-refractivity contribution is 5.76. The Bertz CT molecular complexity index is 645. The van der Waals surface area contributed by atoms with E-state index in [1.54, 1.807) is 0 Å². The fourth-order valence-electron chi connectivity index (χ4n) is 3.28. The SMILES string of the molecule is CCCCCCC(=O)N(Cc1cccn1Cc1ccccc1)CC(C)C. The smallest absolute Gasteiger partial charge is 0.222 e. The summed E-state index contributed by atoms with van der Waals surface area (Å²) in [5.41, 5.74) is 2.49. The molecule has 0 unspecified atom stereocenters. The number of hydrogen-bond donors (Lipinski definition) is 0. The van der Waals surface area contributed by atoms with Crippen LogP contribution >= 0.6 is 0 Å². The first-order valence-corrected chi connectivity index (χ1v) is 10.1. The van der Waals surface area contributed by atoms with Crippen molar-refractivity contribution in [2.45, 2.75) is 66.0 Å². The summed E-state index contributed by atoms with van der Waals surface area (Å²) >= 11 is 0. The zero-order valence-electron chi connectivity index (χ0n) is 16.7. The molecule has 2 aromatic rings. The molecule has 0 fully saturated rings. The second-order valence-corrected chi connectivity index (χ2v) is 7.59. The first kappa shape index (κ1) is 20.3. The van der Waals surface area contributed by atoms with Gasteiger partial charge >= 0.3 is 0 Å². The molecule has 3 heteroatoms. The molecule has 0 aliphatic carbocycles. The molecule has 0 atom stereocenters. The van der Waals surface area contributed by atoms with Gasteiger partial charge in [-0.15, -0.1) is 0 Å². The van der Waals surface area contributed by atoms with Gasteiger partial charge < -0.3 is 9.47 Å². The van der Waals surface area contributed by atoms with Crippen molar-refractivity contribution in [2.75, 3.05) is 6.54 Å². The van der Waals surface area contributed by atoms with E-state index in [0.717, 1.165) is 25.9 Å². The van der Waals surface area contributed by atoms with Crippen molar-refractivity contribution in [3.63, 3.8) is 0 Å². The highest BCUT2D eigenvalue weighted by Crippen LogP contribution is 2.14. The van der Waals surface area contributed by atoms with E-state index in [-0.39, 0.29) is 0 Å². The van der Waals surface area contributed by atoms with Gasteiger partial charge in [0.1, 0.15) is 0 Å². The summed E-state index contributed by atoms with van der Waals surface area (Å²) in [7, 11) is 0. The molecular formula is C23H34N2O. The highest BCUT2D eigenvalue weighted by atomic mass is 16.2. The van der Waals surface area contributed by atoms with E-state index in [4.69, 9.17) is 0 Å². The Morgan fingerprint density at radius 1 is 1.04 bits per heavy atom. The van der Waals surface area contributed by atoms with Gasteiger partial charge in [-0.05, 0) is 30.0 Å². The maximum absolute atomic E-state index is 12.8. The van der Waals surface area contributed by atoms with Crippen molar-refractivity contribution >= 4 is 5.91 Å². The van der Waals surface area contributed by atoms with Crippen molar-refractivity contribution in [3.8, 4) is 0 Å². The van der Waals surface area contributed by atoms with Gasteiger partial charge in [-0.3, -0.25) is 4.79 Å². The molecule has 1 amide bonds. The topological polar surface area (TPSA) is 25.2 Å². The lowest BCUT2D eigenvalue weighted by molar-refractivity contribution is -0.132. The number of carbonyl (C=O) groups is 1. The number of benzene rings is 1. The lowest BCUT2D eigenvalue weighted by Crippen LogP contribution is -2.34. The summed E-state index contributed by atoms with van der Waals surface area (Å²) in [6.45, 7) is 8.94. The van der Waals surface area contributed by atoms with Crippen LogP contribution in [-0.2, 0) is 17.9 Å². The highest BCUT2D eigenvalue weighted by Gasteiger charge is 2.16. The molecule has 0 N–H and O–H groups in total. The van der Waals surface area contributed by atoms with E-state index in [2.05, 4.69) is 67.9 Å². The van der Waals surface area contributed by atoms with Gasteiger partial charge in [0.2, 0.25) is 5.91 Å². The Labute approximate surface area is 159 Å². The van der Waals surface area contributed by atoms with Gasteiger partial charge in [0, 0.05) is 31.4 Å². The minimum atomic E-state index is 0.294. The number of rotatable bonds is 11. The second-order valence-electron chi connectivity index (χ2n) is 7.59. The summed E-state index contributed by atoms with van der Waals surface area (Å²) in [5.74, 6) is 0.773. The first-order chi connectivity index (χ1) is 12.6. The van der Waals surface area contributed by atoms with Crippen molar-refractivity contribution in [1.29, 1.82) is 0 Å². The molecule has 1 aromatic carbocycles. The molecule has 0 saturated carbocycles. The number of amides is 1. The molecule has 3 nitrogen and oxygen atoms in total. The fraction of sp³-hybridized carbons (Fsp3) is 0.522. The molecule has 0 spiro atoms. The van der Waals surface area contributed by atoms with Crippen LogP contribution in [-0.4, -0.2) is 21.9 Å². The van der Waals surface area contributed by atoms with Crippen molar-refractivity contribution < 1.29 is 4.79 Å². The average Bonchev–Trinajstić information content (AvgIpc) is 3.05. The largest absolute Gasteiger partial charge is 0.345 e. The standard InChI is InChI=1S/C23H34N2O/c1-4-5-6-10-15-23(26)25(17-20(2)3)19-22-14-11-16-24(22)18-21-12-8-7-9-13-21/h7-9,11-14,16,20H,4-6,10,15,17-19H2,1-3H3. The average molecular weight is 355 g/mol. The molecule has 2 rings (SSSR count). The van der Waals surface area contributed by atoms with Crippen molar-refractivity contribution in [1.82, 2.24) is 9.47 Å².